The first-order valence-electron chi connectivity index (χ1n) is 11.4. The van der Waals surface area contributed by atoms with Crippen LogP contribution in [0.3, 0.4) is 0 Å². The van der Waals surface area contributed by atoms with E-state index < -0.39 is 0 Å². The van der Waals surface area contributed by atoms with E-state index in [1.165, 1.54) is 19.3 Å². The van der Waals surface area contributed by atoms with Gasteiger partial charge in [0.05, 0.1) is 39.8 Å². The zero-order valence-corrected chi connectivity index (χ0v) is 20.6. The van der Waals surface area contributed by atoms with Gasteiger partial charge in [0, 0.05) is 18.2 Å². The molecule has 0 saturated carbocycles. The lowest BCUT2D eigenvalue weighted by Gasteiger charge is -2.25. The Morgan fingerprint density at radius 3 is 2.43 bits per heavy atom. The molecule has 1 aliphatic heterocycles. The molecule has 0 aliphatic carbocycles. The third-order valence-corrected chi connectivity index (χ3v) is 6.17. The molecule has 0 bridgehead atoms. The number of likely N-dealkylation sites (tertiary alicyclic amines) is 1. The second-order valence-electron chi connectivity index (χ2n) is 8.28. The Morgan fingerprint density at radius 2 is 1.74 bits per heavy atom. The number of ether oxygens (including phenoxy) is 3. The predicted octanol–water partition coefficient (Wildman–Crippen LogP) is 4.82. The van der Waals surface area contributed by atoms with Crippen molar-refractivity contribution >= 4 is 34.3 Å². The first-order valence-corrected chi connectivity index (χ1v) is 11.8. The monoisotopic (exact) mass is 498 g/mol. The molecule has 4 aromatic rings. The quantitative estimate of drug-likeness (QED) is 0.343. The molecule has 35 heavy (non-hydrogen) atoms. The summed E-state index contributed by atoms with van der Waals surface area (Å²) < 4.78 is 24.3. The SMILES string of the molecule is COc1cc(-n2cnc(Nc3nc(Cl)nc4cc(CN5CCCCC5)oc34)c2)cc(OC)c1OC. The smallest absolute Gasteiger partial charge is 0.225 e. The van der Waals surface area contributed by atoms with Gasteiger partial charge in [0.25, 0.3) is 0 Å². The third-order valence-electron chi connectivity index (χ3n) is 6.00. The molecule has 1 saturated heterocycles. The lowest BCUT2D eigenvalue weighted by Crippen LogP contribution is -2.28. The highest BCUT2D eigenvalue weighted by atomic mass is 35.5. The number of methoxy groups -OCH3 is 3. The Kier molecular flexibility index (Phi) is 6.65. The van der Waals surface area contributed by atoms with Gasteiger partial charge in [-0.05, 0) is 37.5 Å². The van der Waals surface area contributed by atoms with Crippen molar-refractivity contribution in [2.24, 2.45) is 0 Å². The first-order chi connectivity index (χ1) is 17.1. The van der Waals surface area contributed by atoms with Crippen molar-refractivity contribution in [3.05, 3.63) is 41.8 Å². The summed E-state index contributed by atoms with van der Waals surface area (Å²) in [5.74, 6) is 3.47. The summed E-state index contributed by atoms with van der Waals surface area (Å²) in [5, 5.41) is 3.35. The van der Waals surface area contributed by atoms with Crippen molar-refractivity contribution in [1.29, 1.82) is 0 Å². The van der Waals surface area contributed by atoms with Crippen LogP contribution in [0.4, 0.5) is 11.6 Å². The Bertz CT molecular complexity index is 1310. The van der Waals surface area contributed by atoms with E-state index in [1.807, 2.05) is 29.0 Å². The van der Waals surface area contributed by atoms with E-state index in [0.29, 0.717) is 40.0 Å². The van der Waals surface area contributed by atoms with E-state index >= 15 is 0 Å². The molecule has 0 radical (unpaired) electrons. The van der Waals surface area contributed by atoms with Crippen LogP contribution in [0.1, 0.15) is 25.0 Å². The Hall–Kier alpha value is -3.50. The zero-order valence-electron chi connectivity index (χ0n) is 19.9. The van der Waals surface area contributed by atoms with Crippen molar-refractivity contribution in [2.45, 2.75) is 25.8 Å². The minimum absolute atomic E-state index is 0.134. The van der Waals surface area contributed by atoms with Crippen LogP contribution in [0.15, 0.2) is 35.1 Å². The first kappa shape index (κ1) is 23.3. The molecule has 0 spiro atoms. The number of nitrogens with one attached hydrogen (secondary N) is 1. The van der Waals surface area contributed by atoms with E-state index in [0.717, 1.165) is 31.1 Å². The normalized spacial score (nSPS) is 14.3. The van der Waals surface area contributed by atoms with Gasteiger partial charge in [-0.3, -0.25) is 4.90 Å². The lowest BCUT2D eigenvalue weighted by atomic mass is 10.1. The number of piperidine rings is 1. The van der Waals surface area contributed by atoms with Crippen LogP contribution >= 0.6 is 11.6 Å². The molecule has 5 rings (SSSR count). The minimum Gasteiger partial charge on any atom is -0.493 e. The molecule has 0 atom stereocenters. The summed E-state index contributed by atoms with van der Waals surface area (Å²) in [4.78, 5) is 15.5. The maximum absolute atomic E-state index is 6.21. The number of imidazole rings is 1. The van der Waals surface area contributed by atoms with Crippen molar-refractivity contribution in [3.8, 4) is 22.9 Å². The average Bonchev–Trinajstić information content (AvgIpc) is 3.50. The predicted molar refractivity (Wildman–Crippen MR) is 132 cm³/mol. The number of fused-ring (bicyclic) bond motifs is 1. The van der Waals surface area contributed by atoms with Crippen LogP contribution in [0.5, 0.6) is 17.2 Å². The summed E-state index contributed by atoms with van der Waals surface area (Å²) in [6, 6.07) is 5.61. The number of aromatic nitrogens is 4. The third kappa shape index (κ3) is 4.85. The Morgan fingerprint density at radius 1 is 1.00 bits per heavy atom. The van der Waals surface area contributed by atoms with E-state index in [9.17, 15) is 0 Å². The summed E-state index contributed by atoms with van der Waals surface area (Å²) in [5.41, 5.74) is 1.99. The fourth-order valence-electron chi connectivity index (χ4n) is 4.32. The Balaban J connectivity index is 1.42. The number of nitrogens with zero attached hydrogens (tertiary/aromatic N) is 5. The topological polar surface area (TPSA) is 99.7 Å². The average molecular weight is 499 g/mol. The highest BCUT2D eigenvalue weighted by Gasteiger charge is 2.18. The minimum atomic E-state index is 0.134. The van der Waals surface area contributed by atoms with Gasteiger partial charge in [0.15, 0.2) is 22.9 Å². The molecule has 0 amide bonds. The highest BCUT2D eigenvalue weighted by molar-refractivity contribution is 6.28. The van der Waals surface area contributed by atoms with Crippen LogP contribution < -0.4 is 19.5 Å². The van der Waals surface area contributed by atoms with Crippen LogP contribution in [0, 0.1) is 0 Å². The standard InChI is InChI=1S/C24H27ClN6O4/c1-32-18-9-15(10-19(33-2)22(18)34-3)31-13-20(26-14-31)28-23-21-17(27-24(25)29-23)11-16(35-21)12-30-7-5-4-6-8-30/h9-11,13-14H,4-8,12H2,1-3H3,(H,27,28,29). The van der Waals surface area contributed by atoms with Crippen LogP contribution in [-0.2, 0) is 6.54 Å². The number of rotatable bonds is 8. The molecule has 11 heteroatoms. The van der Waals surface area contributed by atoms with E-state index in [4.69, 9.17) is 30.2 Å². The van der Waals surface area contributed by atoms with E-state index in [2.05, 4.69) is 25.2 Å². The van der Waals surface area contributed by atoms with Crippen LogP contribution in [0.25, 0.3) is 16.8 Å². The summed E-state index contributed by atoms with van der Waals surface area (Å²) in [6.07, 6.45) is 7.21. The van der Waals surface area contributed by atoms with Crippen molar-refractivity contribution < 1.29 is 18.6 Å². The molecule has 1 N–H and O–H groups in total. The molecule has 184 valence electrons. The number of halogens is 1. The van der Waals surface area contributed by atoms with E-state index in [1.54, 1.807) is 27.7 Å². The fraction of sp³-hybridized carbons (Fsp3) is 0.375. The fourth-order valence-corrected chi connectivity index (χ4v) is 4.49. The van der Waals surface area contributed by atoms with E-state index in [-0.39, 0.29) is 5.28 Å². The molecular formula is C24H27ClN6O4. The Labute approximate surface area is 207 Å². The van der Waals surface area contributed by atoms with Gasteiger partial charge in [0.1, 0.15) is 23.4 Å². The second-order valence-corrected chi connectivity index (χ2v) is 8.62. The summed E-state index contributed by atoms with van der Waals surface area (Å²) in [6.45, 7) is 2.89. The molecule has 1 fully saturated rings. The van der Waals surface area contributed by atoms with Gasteiger partial charge >= 0.3 is 0 Å². The number of benzene rings is 1. The van der Waals surface area contributed by atoms with Crippen molar-refractivity contribution in [2.75, 3.05) is 39.7 Å². The molecule has 10 nitrogen and oxygen atoms in total. The number of hydrogen-bond donors (Lipinski definition) is 1. The number of anilines is 2. The van der Waals surface area contributed by atoms with Crippen LogP contribution in [-0.4, -0.2) is 58.8 Å². The van der Waals surface area contributed by atoms with Crippen LogP contribution in [0.2, 0.25) is 5.28 Å². The molecule has 3 aromatic heterocycles. The molecule has 0 unspecified atom stereocenters. The molecule has 1 aromatic carbocycles. The number of furan rings is 1. The molecule has 4 heterocycles. The number of hydrogen-bond acceptors (Lipinski definition) is 9. The second kappa shape index (κ2) is 10.0. The highest BCUT2D eigenvalue weighted by Crippen LogP contribution is 2.39. The lowest BCUT2D eigenvalue weighted by molar-refractivity contribution is 0.207. The van der Waals surface area contributed by atoms with Gasteiger partial charge < -0.3 is 28.5 Å². The summed E-state index contributed by atoms with van der Waals surface area (Å²) >= 11 is 6.21. The molecular weight excluding hydrogens is 472 g/mol. The van der Waals surface area contributed by atoms with Crippen molar-refractivity contribution in [3.63, 3.8) is 0 Å². The maximum atomic E-state index is 6.21. The van der Waals surface area contributed by atoms with Crippen molar-refractivity contribution in [1.82, 2.24) is 24.4 Å². The van der Waals surface area contributed by atoms with Gasteiger partial charge in [0.2, 0.25) is 11.0 Å². The maximum Gasteiger partial charge on any atom is 0.225 e. The summed E-state index contributed by atoms with van der Waals surface area (Å²) in [7, 11) is 4.73. The van der Waals surface area contributed by atoms with Gasteiger partial charge in [-0.2, -0.15) is 4.98 Å². The molecule has 1 aliphatic rings. The van der Waals surface area contributed by atoms with Gasteiger partial charge in [-0.1, -0.05) is 6.42 Å². The van der Waals surface area contributed by atoms with Gasteiger partial charge in [-0.25, -0.2) is 9.97 Å². The largest absolute Gasteiger partial charge is 0.493 e. The van der Waals surface area contributed by atoms with Gasteiger partial charge in [-0.15, -0.1) is 0 Å². The zero-order chi connectivity index (χ0) is 24.4.